The molecule has 80 valence electrons. The van der Waals surface area contributed by atoms with Gasteiger partial charge in [0, 0.05) is 20.6 Å². The molecule has 1 rings (SSSR count). The summed E-state index contributed by atoms with van der Waals surface area (Å²) in [5, 5.41) is 0. The summed E-state index contributed by atoms with van der Waals surface area (Å²) in [7, 11) is 4.77. The number of carbonyl (C=O) groups excluding carboxylic acids is 2. The van der Waals surface area contributed by atoms with E-state index in [0.717, 1.165) is 13.0 Å². The molecule has 0 aromatic rings. The van der Waals surface area contributed by atoms with Gasteiger partial charge in [0.05, 0.1) is 13.7 Å². The minimum Gasteiger partial charge on any atom is -0.468 e. The minimum atomic E-state index is -0.247. The van der Waals surface area contributed by atoms with E-state index in [9.17, 15) is 9.59 Å². The van der Waals surface area contributed by atoms with Crippen molar-refractivity contribution in [2.75, 3.05) is 34.3 Å². The van der Waals surface area contributed by atoms with Crippen LogP contribution in [-0.2, 0) is 14.3 Å². The molecule has 0 aromatic carbocycles. The molecule has 0 radical (unpaired) electrons. The molecule has 0 N–H and O–H groups in total. The zero-order valence-corrected chi connectivity index (χ0v) is 8.82. The molecule has 1 saturated heterocycles. The molecule has 0 saturated carbocycles. The number of carbonyl (C=O) groups is 2. The molecule has 1 heterocycles. The van der Waals surface area contributed by atoms with Gasteiger partial charge in [0.25, 0.3) is 0 Å². The van der Waals surface area contributed by atoms with Gasteiger partial charge >= 0.3 is 5.97 Å². The standard InChI is InChI=1S/C9H16N2O3/c1-10(2)8(12)6-11-5-4-7(11)9(13)14-3/h7H,4-6H2,1-3H3. The molecular formula is C9H16N2O3. The highest BCUT2D eigenvalue weighted by atomic mass is 16.5. The van der Waals surface area contributed by atoms with E-state index in [1.807, 2.05) is 4.90 Å². The molecule has 0 aliphatic carbocycles. The van der Waals surface area contributed by atoms with Gasteiger partial charge in [-0.3, -0.25) is 14.5 Å². The monoisotopic (exact) mass is 200 g/mol. The summed E-state index contributed by atoms with van der Waals surface area (Å²) < 4.78 is 4.62. The third kappa shape index (κ3) is 2.23. The maximum absolute atomic E-state index is 11.3. The fraction of sp³-hybridized carbons (Fsp3) is 0.778. The van der Waals surface area contributed by atoms with Gasteiger partial charge < -0.3 is 9.64 Å². The highest BCUT2D eigenvalue weighted by molar-refractivity contribution is 5.81. The van der Waals surface area contributed by atoms with Gasteiger partial charge in [-0.25, -0.2) is 0 Å². The predicted octanol–water partition coefficient (Wildman–Crippen LogP) is -0.678. The number of amides is 1. The smallest absolute Gasteiger partial charge is 0.323 e. The van der Waals surface area contributed by atoms with Crippen LogP contribution in [0.15, 0.2) is 0 Å². The van der Waals surface area contributed by atoms with Crippen molar-refractivity contribution in [2.45, 2.75) is 12.5 Å². The summed E-state index contributed by atoms with van der Waals surface area (Å²) in [5.41, 5.74) is 0. The van der Waals surface area contributed by atoms with E-state index < -0.39 is 0 Å². The number of hydrogen-bond acceptors (Lipinski definition) is 4. The normalized spacial score (nSPS) is 21.2. The van der Waals surface area contributed by atoms with E-state index in [4.69, 9.17) is 0 Å². The average Bonchev–Trinajstić information content (AvgIpc) is 2.11. The van der Waals surface area contributed by atoms with Gasteiger partial charge in [0.2, 0.25) is 5.91 Å². The molecule has 5 nitrogen and oxygen atoms in total. The highest BCUT2D eigenvalue weighted by Gasteiger charge is 2.36. The van der Waals surface area contributed by atoms with Crippen molar-refractivity contribution < 1.29 is 14.3 Å². The van der Waals surface area contributed by atoms with Crippen molar-refractivity contribution in [3.8, 4) is 0 Å². The first-order valence-electron chi connectivity index (χ1n) is 4.58. The minimum absolute atomic E-state index is 0.0126. The number of ether oxygens (including phenoxy) is 1. The van der Waals surface area contributed by atoms with E-state index in [1.165, 1.54) is 12.0 Å². The fourth-order valence-electron chi connectivity index (χ4n) is 1.35. The van der Waals surface area contributed by atoms with Crippen LogP contribution in [0.25, 0.3) is 0 Å². The van der Waals surface area contributed by atoms with Gasteiger partial charge in [-0.2, -0.15) is 0 Å². The van der Waals surface area contributed by atoms with Crippen molar-refractivity contribution in [3.05, 3.63) is 0 Å². The summed E-state index contributed by atoms with van der Waals surface area (Å²) in [5.74, 6) is -0.235. The Hall–Kier alpha value is -1.10. The first-order chi connectivity index (χ1) is 6.56. The lowest BCUT2D eigenvalue weighted by molar-refractivity contribution is -0.153. The van der Waals surface area contributed by atoms with E-state index >= 15 is 0 Å². The van der Waals surface area contributed by atoms with E-state index in [2.05, 4.69) is 4.74 Å². The van der Waals surface area contributed by atoms with Crippen molar-refractivity contribution in [3.63, 3.8) is 0 Å². The molecule has 0 aromatic heterocycles. The Morgan fingerprint density at radius 3 is 2.50 bits per heavy atom. The average molecular weight is 200 g/mol. The first-order valence-corrected chi connectivity index (χ1v) is 4.58. The fourth-order valence-corrected chi connectivity index (χ4v) is 1.35. The zero-order valence-electron chi connectivity index (χ0n) is 8.82. The van der Waals surface area contributed by atoms with Crippen LogP contribution in [0.3, 0.4) is 0 Å². The van der Waals surface area contributed by atoms with Gasteiger partial charge in [-0.15, -0.1) is 0 Å². The molecule has 1 aliphatic heterocycles. The highest BCUT2D eigenvalue weighted by Crippen LogP contribution is 2.17. The van der Waals surface area contributed by atoms with E-state index in [1.54, 1.807) is 14.1 Å². The first kappa shape index (κ1) is 11.0. The Bertz CT molecular complexity index is 240. The number of nitrogens with zero attached hydrogens (tertiary/aromatic N) is 2. The van der Waals surface area contributed by atoms with Gasteiger partial charge in [-0.1, -0.05) is 0 Å². The van der Waals surface area contributed by atoms with Crippen LogP contribution in [0, 0.1) is 0 Å². The molecule has 1 atom stereocenters. The predicted molar refractivity (Wildman–Crippen MR) is 50.7 cm³/mol. The van der Waals surface area contributed by atoms with Crippen LogP contribution >= 0.6 is 0 Å². The Morgan fingerprint density at radius 1 is 1.50 bits per heavy atom. The number of esters is 1. The van der Waals surface area contributed by atoms with Crippen LogP contribution in [0.1, 0.15) is 6.42 Å². The molecule has 1 unspecified atom stereocenters. The van der Waals surface area contributed by atoms with E-state index in [0.29, 0.717) is 6.54 Å². The molecule has 0 bridgehead atoms. The number of likely N-dealkylation sites (tertiary alicyclic amines) is 1. The SMILES string of the molecule is COC(=O)C1CCN1CC(=O)N(C)C. The molecule has 1 fully saturated rings. The quantitative estimate of drug-likeness (QED) is 0.566. The topological polar surface area (TPSA) is 49.9 Å². The second kappa shape index (κ2) is 4.41. The molecular weight excluding hydrogens is 184 g/mol. The molecule has 14 heavy (non-hydrogen) atoms. The largest absolute Gasteiger partial charge is 0.468 e. The Kier molecular flexibility index (Phi) is 3.46. The van der Waals surface area contributed by atoms with Crippen molar-refractivity contribution in [1.29, 1.82) is 0 Å². The Balaban J connectivity index is 2.40. The zero-order chi connectivity index (χ0) is 10.7. The third-order valence-electron chi connectivity index (χ3n) is 2.44. The molecule has 0 spiro atoms. The lowest BCUT2D eigenvalue weighted by Gasteiger charge is -2.38. The van der Waals surface area contributed by atoms with Gasteiger partial charge in [-0.05, 0) is 6.42 Å². The third-order valence-corrected chi connectivity index (χ3v) is 2.44. The van der Waals surface area contributed by atoms with Crippen LogP contribution < -0.4 is 0 Å². The Labute approximate surface area is 83.6 Å². The van der Waals surface area contributed by atoms with Crippen LogP contribution in [-0.4, -0.2) is 62.0 Å². The van der Waals surface area contributed by atoms with Crippen molar-refractivity contribution in [1.82, 2.24) is 9.80 Å². The second-order valence-electron chi connectivity index (χ2n) is 3.59. The van der Waals surface area contributed by atoms with Crippen LogP contribution in [0.4, 0.5) is 0 Å². The van der Waals surface area contributed by atoms with Crippen molar-refractivity contribution in [2.24, 2.45) is 0 Å². The van der Waals surface area contributed by atoms with Gasteiger partial charge in [0.1, 0.15) is 6.04 Å². The maximum atomic E-state index is 11.3. The summed E-state index contributed by atoms with van der Waals surface area (Å²) in [6.45, 7) is 1.09. The lowest BCUT2D eigenvalue weighted by Crippen LogP contribution is -2.55. The maximum Gasteiger partial charge on any atom is 0.323 e. The summed E-state index contributed by atoms with van der Waals surface area (Å²) >= 11 is 0. The summed E-state index contributed by atoms with van der Waals surface area (Å²) in [6, 6.07) is -0.219. The second-order valence-corrected chi connectivity index (χ2v) is 3.59. The number of methoxy groups -OCH3 is 1. The van der Waals surface area contributed by atoms with Crippen molar-refractivity contribution >= 4 is 11.9 Å². The van der Waals surface area contributed by atoms with Crippen LogP contribution in [0.5, 0.6) is 0 Å². The Morgan fingerprint density at radius 2 is 2.14 bits per heavy atom. The molecule has 5 heteroatoms. The van der Waals surface area contributed by atoms with Gasteiger partial charge in [0.15, 0.2) is 0 Å². The number of likely N-dealkylation sites (N-methyl/N-ethyl adjacent to an activating group) is 1. The summed E-state index contributed by atoms with van der Waals surface area (Å²) in [6.07, 6.45) is 0.785. The van der Waals surface area contributed by atoms with E-state index in [-0.39, 0.29) is 17.9 Å². The number of hydrogen-bond donors (Lipinski definition) is 0. The lowest BCUT2D eigenvalue weighted by atomic mass is 10.0. The molecule has 1 aliphatic rings. The van der Waals surface area contributed by atoms with Crippen LogP contribution in [0.2, 0.25) is 0 Å². The summed E-state index contributed by atoms with van der Waals surface area (Å²) in [4.78, 5) is 25.8. The number of rotatable bonds is 3. The molecule has 1 amide bonds.